The summed E-state index contributed by atoms with van der Waals surface area (Å²) in [5.41, 5.74) is 3.40. The number of phosphoric acid groups is 1. The summed E-state index contributed by atoms with van der Waals surface area (Å²) in [6.45, 7) is 22.8. The summed E-state index contributed by atoms with van der Waals surface area (Å²) in [7, 11) is -7.14. The number of carbonyl (C=O) groups excluding carboxylic acids is 5. The molecule has 2 saturated heterocycles. The largest absolute Gasteiger partial charge is 0.475 e. The standard InChI is InChI=1S/C63H93N2O18PSi/c1-13-47(73-36-44-28-22-19-23-29-44)34-56(70)81-60-41(6)50(79-62(83-85(11,12)63(8,9)10)58(60)65-53(67)33-49(15-3)78-55(69)17-5)40-74-61-57(64-52(66)32-48(14-2)77-54(68)16-4)42(7)59(51(80-61)39-72-35-43-26-20-18-21-27-43)82-84(71)75-37-45-30-24-25-31-46(45)38-76-84/h18-31,41-42,47-51,57-62H,13-17,32-40H2,1-12H3,(H,64,66)(H,65,67)/t41-,42-,47-,48-,49-,50?,51?,57?,58?,59+,60+,61-,62+/m1/s1. The topological polar surface area (TPSA) is 237 Å². The molecular formula is C63H93N2O18PSi. The van der Waals surface area contributed by atoms with Crippen molar-refractivity contribution in [1.82, 2.24) is 10.6 Å². The molecule has 2 N–H and O–H groups in total. The van der Waals surface area contributed by atoms with Gasteiger partial charge < -0.3 is 53.0 Å². The fourth-order valence-electron chi connectivity index (χ4n) is 9.85. The third kappa shape index (κ3) is 20.6. The van der Waals surface area contributed by atoms with Crippen molar-refractivity contribution >= 4 is 45.9 Å². The average molecular weight is 1230 g/mol. The van der Waals surface area contributed by atoms with Gasteiger partial charge in [-0.15, -0.1) is 0 Å². The third-order valence-corrected chi connectivity index (χ3v) is 22.1. The van der Waals surface area contributed by atoms with Gasteiger partial charge in [-0.2, -0.15) is 0 Å². The van der Waals surface area contributed by atoms with Gasteiger partial charge in [0.15, 0.2) is 20.9 Å². The van der Waals surface area contributed by atoms with Crippen LogP contribution in [0.1, 0.15) is 143 Å². The molecule has 0 saturated carbocycles. The van der Waals surface area contributed by atoms with Crippen LogP contribution in [0.3, 0.4) is 0 Å². The van der Waals surface area contributed by atoms with E-state index in [1.54, 1.807) is 20.8 Å². The smallest absolute Gasteiger partial charge is 0.462 e. The molecular weight excluding hydrogens is 1130 g/mol. The maximum Gasteiger partial charge on any atom is 0.475 e. The molecule has 6 rings (SSSR count). The summed E-state index contributed by atoms with van der Waals surface area (Å²) in [6.07, 6.45) is -7.57. The Morgan fingerprint density at radius 2 is 1.12 bits per heavy atom. The molecule has 0 aromatic heterocycles. The SMILES string of the molecule is CCC(=O)O[C@H](CC)CC(=O)NC1[C@H](OCC2O[C@@H](O[Si](C)(C)C(C)(C)C)C(NC(=O)C[C@@H](CC)OC(=O)CC)[C@@H](OC(=O)C[C@@H](CC)OCc3ccccc3)[C@@H]2C)OC(COCc2ccccc2)[C@@H](OP2(=O)OCc3ccccc3CO2)[C@@H]1C. The Morgan fingerprint density at radius 1 is 0.612 bits per heavy atom. The van der Waals surface area contributed by atoms with Gasteiger partial charge >= 0.3 is 25.7 Å². The van der Waals surface area contributed by atoms with Crippen LogP contribution in [0.5, 0.6) is 0 Å². The molecule has 85 heavy (non-hydrogen) atoms. The normalized spacial score (nSPS) is 25.2. The number of fused-ring (bicyclic) bond motifs is 1. The Labute approximate surface area is 503 Å². The van der Waals surface area contributed by atoms with Crippen molar-refractivity contribution in [2.45, 2.75) is 233 Å². The molecule has 20 nitrogen and oxygen atoms in total. The van der Waals surface area contributed by atoms with E-state index in [2.05, 4.69) is 31.4 Å². The van der Waals surface area contributed by atoms with E-state index in [1.807, 2.05) is 126 Å². The van der Waals surface area contributed by atoms with Crippen molar-refractivity contribution in [1.29, 1.82) is 0 Å². The number of hydrogen-bond acceptors (Lipinski definition) is 18. The highest BCUT2D eigenvalue weighted by Gasteiger charge is 2.53. The maximum absolute atomic E-state index is 14.7. The minimum absolute atomic E-state index is 0.0548. The highest BCUT2D eigenvalue weighted by Crippen LogP contribution is 2.56. The minimum atomic E-state index is -4.34. The van der Waals surface area contributed by atoms with Crippen LogP contribution in [0, 0.1) is 11.8 Å². The van der Waals surface area contributed by atoms with Crippen molar-refractivity contribution in [3.63, 3.8) is 0 Å². The van der Waals surface area contributed by atoms with Gasteiger partial charge in [0.25, 0.3) is 0 Å². The van der Waals surface area contributed by atoms with Crippen molar-refractivity contribution in [3.8, 4) is 0 Å². The van der Waals surface area contributed by atoms with Crippen molar-refractivity contribution < 1.29 is 84.4 Å². The van der Waals surface area contributed by atoms with E-state index < -0.39 is 125 Å². The number of nitrogens with one attached hydrogen (secondary N) is 2. The van der Waals surface area contributed by atoms with Crippen LogP contribution in [0.4, 0.5) is 0 Å². The molecule has 472 valence electrons. The number of esters is 3. The summed E-state index contributed by atoms with van der Waals surface area (Å²) < 4.78 is 91.2. The number of benzene rings is 3. The van der Waals surface area contributed by atoms with Crippen LogP contribution < -0.4 is 10.6 Å². The van der Waals surface area contributed by atoms with Gasteiger partial charge in [-0.3, -0.25) is 37.5 Å². The molecule has 3 aromatic rings. The molecule has 13 atom stereocenters. The highest BCUT2D eigenvalue weighted by molar-refractivity contribution is 7.48. The van der Waals surface area contributed by atoms with Crippen LogP contribution >= 0.6 is 7.82 Å². The second-order valence-corrected chi connectivity index (χ2v) is 30.1. The van der Waals surface area contributed by atoms with E-state index in [1.165, 1.54) is 0 Å². The second kappa shape index (κ2) is 32.9. The highest BCUT2D eigenvalue weighted by atomic mass is 31.2. The monoisotopic (exact) mass is 1220 g/mol. The lowest BCUT2D eigenvalue weighted by atomic mass is 9.88. The van der Waals surface area contributed by atoms with E-state index in [0.717, 1.165) is 22.3 Å². The number of ether oxygens (including phenoxy) is 8. The van der Waals surface area contributed by atoms with Crippen LogP contribution in [0.2, 0.25) is 18.1 Å². The summed E-state index contributed by atoms with van der Waals surface area (Å²) in [4.78, 5) is 67.9. The van der Waals surface area contributed by atoms with Crippen molar-refractivity contribution in [2.75, 3.05) is 13.2 Å². The first-order valence-corrected chi connectivity index (χ1v) is 34.5. The molecule has 0 spiro atoms. The molecule has 0 radical (unpaired) electrons. The predicted molar refractivity (Wildman–Crippen MR) is 318 cm³/mol. The van der Waals surface area contributed by atoms with Gasteiger partial charge in [-0.1, -0.05) is 154 Å². The summed E-state index contributed by atoms with van der Waals surface area (Å²) in [5, 5.41) is 5.83. The first-order chi connectivity index (χ1) is 40.5. The van der Waals surface area contributed by atoms with Crippen molar-refractivity contribution in [3.05, 3.63) is 107 Å². The lowest BCUT2D eigenvalue weighted by Gasteiger charge is -2.49. The molecule has 3 aliphatic heterocycles. The lowest BCUT2D eigenvalue weighted by Crippen LogP contribution is -2.66. The van der Waals surface area contributed by atoms with Gasteiger partial charge in [-0.25, -0.2) is 4.57 Å². The molecule has 22 heteroatoms. The quantitative estimate of drug-likeness (QED) is 0.0273. The molecule has 0 bridgehead atoms. The fraction of sp³-hybridized carbons (Fsp3) is 0.635. The van der Waals surface area contributed by atoms with Gasteiger partial charge in [0.1, 0.15) is 36.6 Å². The van der Waals surface area contributed by atoms with Crippen LogP contribution in [-0.2, 0) is 111 Å². The maximum atomic E-state index is 14.7. The van der Waals surface area contributed by atoms with E-state index in [9.17, 15) is 28.5 Å². The summed E-state index contributed by atoms with van der Waals surface area (Å²) >= 11 is 0. The lowest BCUT2D eigenvalue weighted by molar-refractivity contribution is -0.284. The number of amides is 2. The number of carbonyl (C=O) groups is 5. The predicted octanol–water partition coefficient (Wildman–Crippen LogP) is 10.7. The zero-order chi connectivity index (χ0) is 61.9. The van der Waals surface area contributed by atoms with Crippen LogP contribution in [0.15, 0.2) is 84.9 Å². The molecule has 3 aromatic carbocycles. The van der Waals surface area contributed by atoms with E-state index in [-0.39, 0.29) is 76.8 Å². The minimum Gasteiger partial charge on any atom is -0.462 e. The third-order valence-electron chi connectivity index (χ3n) is 16.3. The molecule has 2 amide bonds. The summed E-state index contributed by atoms with van der Waals surface area (Å²) in [5.74, 6) is -3.92. The Balaban J connectivity index is 1.36. The Morgan fingerprint density at radius 3 is 1.64 bits per heavy atom. The molecule has 4 unspecified atom stereocenters. The second-order valence-electron chi connectivity index (χ2n) is 23.7. The van der Waals surface area contributed by atoms with Crippen LogP contribution in [0.25, 0.3) is 0 Å². The first kappa shape index (κ1) is 69.2. The van der Waals surface area contributed by atoms with Gasteiger partial charge in [-0.05, 0) is 59.6 Å². The molecule has 3 heterocycles. The Kier molecular flexibility index (Phi) is 26.8. The molecule has 2 fully saturated rings. The zero-order valence-corrected chi connectivity index (χ0v) is 53.7. The van der Waals surface area contributed by atoms with E-state index >= 15 is 0 Å². The number of hydrogen-bond donors (Lipinski definition) is 2. The Bertz CT molecular complexity index is 2610. The molecule has 3 aliphatic rings. The molecule has 0 aliphatic carbocycles. The van der Waals surface area contributed by atoms with Gasteiger partial charge in [0.05, 0.1) is 77.2 Å². The van der Waals surface area contributed by atoms with E-state index in [4.69, 9.17) is 55.9 Å². The van der Waals surface area contributed by atoms with E-state index in [0.29, 0.717) is 19.3 Å². The average Bonchev–Trinajstić information content (AvgIpc) is 2.31. The van der Waals surface area contributed by atoms with Crippen molar-refractivity contribution in [2.24, 2.45) is 11.8 Å². The van der Waals surface area contributed by atoms with Crippen LogP contribution in [-0.4, -0.2) is 119 Å². The Hall–Kier alpha value is -4.90. The van der Waals surface area contributed by atoms with Gasteiger partial charge in [0.2, 0.25) is 11.8 Å². The number of rotatable bonds is 30. The zero-order valence-electron chi connectivity index (χ0n) is 51.8. The number of phosphoric ester groups is 1. The van der Waals surface area contributed by atoms with Gasteiger partial charge in [0, 0.05) is 24.7 Å². The first-order valence-electron chi connectivity index (χ1n) is 30.2. The summed E-state index contributed by atoms with van der Waals surface area (Å²) in [6, 6.07) is 24.5. The fourth-order valence-corrected chi connectivity index (χ4v) is 12.4.